The minimum Gasteiger partial charge on any atom is -0.481 e. The van der Waals surface area contributed by atoms with E-state index in [4.69, 9.17) is 9.84 Å². The molecule has 0 bridgehead atoms. The summed E-state index contributed by atoms with van der Waals surface area (Å²) in [6.45, 7) is 2.15. The zero-order valence-corrected chi connectivity index (χ0v) is 12.4. The van der Waals surface area contributed by atoms with Crippen molar-refractivity contribution in [3.63, 3.8) is 0 Å². The van der Waals surface area contributed by atoms with Gasteiger partial charge in [-0.15, -0.1) is 11.3 Å². The van der Waals surface area contributed by atoms with Crippen LogP contribution in [-0.4, -0.2) is 34.6 Å². The van der Waals surface area contributed by atoms with E-state index in [1.807, 2.05) is 0 Å². The Morgan fingerprint density at radius 2 is 2.20 bits per heavy atom. The number of carbonyl (C=O) groups excluding carboxylic acids is 1. The van der Waals surface area contributed by atoms with E-state index < -0.39 is 11.5 Å². The van der Waals surface area contributed by atoms with Gasteiger partial charge in [0.15, 0.2) is 0 Å². The van der Waals surface area contributed by atoms with Crippen LogP contribution in [0.3, 0.4) is 0 Å². The SMILES string of the molecule is COCc1nc(C)c(C(=O)NC2(CC(=O)O)CCC2)s1. The van der Waals surface area contributed by atoms with Crippen molar-refractivity contribution in [1.29, 1.82) is 0 Å². The van der Waals surface area contributed by atoms with Crippen LogP contribution in [0.25, 0.3) is 0 Å². The number of thiazole rings is 1. The first-order valence-corrected chi connectivity index (χ1v) is 7.27. The number of nitrogens with zero attached hydrogens (tertiary/aromatic N) is 1. The zero-order chi connectivity index (χ0) is 14.8. The van der Waals surface area contributed by atoms with Crippen LogP contribution in [0, 0.1) is 6.92 Å². The van der Waals surface area contributed by atoms with E-state index in [2.05, 4.69) is 10.3 Å². The number of methoxy groups -OCH3 is 1. The topological polar surface area (TPSA) is 88.5 Å². The molecule has 20 heavy (non-hydrogen) atoms. The number of hydrogen-bond donors (Lipinski definition) is 2. The lowest BCUT2D eigenvalue weighted by atomic mass is 9.74. The van der Waals surface area contributed by atoms with Crippen molar-refractivity contribution >= 4 is 23.2 Å². The van der Waals surface area contributed by atoms with Gasteiger partial charge in [0.05, 0.1) is 24.3 Å². The lowest BCUT2D eigenvalue weighted by molar-refractivity contribution is -0.139. The predicted molar refractivity (Wildman–Crippen MR) is 73.9 cm³/mol. The van der Waals surface area contributed by atoms with Gasteiger partial charge in [0.1, 0.15) is 9.88 Å². The maximum atomic E-state index is 12.3. The lowest BCUT2D eigenvalue weighted by Gasteiger charge is -2.41. The van der Waals surface area contributed by atoms with Gasteiger partial charge in [-0.05, 0) is 26.2 Å². The molecule has 1 amide bonds. The summed E-state index contributed by atoms with van der Waals surface area (Å²) in [5.41, 5.74) is 0.0742. The largest absolute Gasteiger partial charge is 0.481 e. The Kier molecular flexibility index (Phi) is 4.39. The summed E-state index contributed by atoms with van der Waals surface area (Å²) in [7, 11) is 1.58. The number of hydrogen-bond acceptors (Lipinski definition) is 5. The third-order valence-electron chi connectivity index (χ3n) is 3.49. The normalized spacial score (nSPS) is 16.5. The molecule has 1 aromatic rings. The molecule has 1 fully saturated rings. The van der Waals surface area contributed by atoms with Gasteiger partial charge in [0.25, 0.3) is 5.91 Å². The molecule has 2 N–H and O–H groups in total. The molecule has 110 valence electrons. The lowest BCUT2D eigenvalue weighted by Crippen LogP contribution is -2.54. The van der Waals surface area contributed by atoms with Crippen molar-refractivity contribution in [1.82, 2.24) is 10.3 Å². The van der Waals surface area contributed by atoms with Gasteiger partial charge in [0, 0.05) is 7.11 Å². The van der Waals surface area contributed by atoms with Crippen LogP contribution >= 0.6 is 11.3 Å². The first kappa shape index (κ1) is 14.9. The minimum atomic E-state index is -0.883. The van der Waals surface area contributed by atoms with Crippen LogP contribution in [0.1, 0.15) is 46.1 Å². The van der Waals surface area contributed by atoms with Crippen LogP contribution in [0.4, 0.5) is 0 Å². The smallest absolute Gasteiger partial charge is 0.305 e. The van der Waals surface area contributed by atoms with E-state index in [-0.39, 0.29) is 12.3 Å². The van der Waals surface area contributed by atoms with E-state index in [1.165, 1.54) is 11.3 Å². The Labute approximate surface area is 121 Å². The van der Waals surface area contributed by atoms with Crippen molar-refractivity contribution in [3.8, 4) is 0 Å². The molecule has 7 heteroatoms. The fraction of sp³-hybridized carbons (Fsp3) is 0.615. The van der Waals surface area contributed by atoms with Crippen molar-refractivity contribution in [2.45, 2.75) is 44.8 Å². The first-order chi connectivity index (χ1) is 9.46. The minimum absolute atomic E-state index is 0.0263. The zero-order valence-electron chi connectivity index (χ0n) is 11.6. The van der Waals surface area contributed by atoms with Crippen molar-refractivity contribution in [3.05, 3.63) is 15.6 Å². The summed E-state index contributed by atoms with van der Waals surface area (Å²) in [6, 6.07) is 0. The molecule has 0 unspecified atom stereocenters. The van der Waals surface area contributed by atoms with Crippen LogP contribution in [0.15, 0.2) is 0 Å². The number of carboxylic acid groups (broad SMARTS) is 1. The third kappa shape index (κ3) is 3.16. The molecule has 1 heterocycles. The molecule has 1 saturated carbocycles. The number of amides is 1. The summed E-state index contributed by atoms with van der Waals surface area (Å²) < 4.78 is 5.00. The maximum Gasteiger partial charge on any atom is 0.305 e. The molecule has 0 aliphatic heterocycles. The predicted octanol–water partition coefficient (Wildman–Crippen LogP) is 1.73. The van der Waals surface area contributed by atoms with E-state index in [9.17, 15) is 9.59 Å². The van der Waals surface area contributed by atoms with Gasteiger partial charge in [-0.25, -0.2) is 4.98 Å². The second-order valence-corrected chi connectivity index (χ2v) is 6.20. The van der Waals surface area contributed by atoms with Crippen molar-refractivity contribution in [2.75, 3.05) is 7.11 Å². The highest BCUT2D eigenvalue weighted by atomic mass is 32.1. The fourth-order valence-electron chi connectivity index (χ4n) is 2.38. The van der Waals surface area contributed by atoms with Gasteiger partial charge in [-0.1, -0.05) is 0 Å². The van der Waals surface area contributed by atoms with Crippen LogP contribution in [0.2, 0.25) is 0 Å². The fourth-order valence-corrected chi connectivity index (χ4v) is 3.32. The highest BCUT2D eigenvalue weighted by molar-refractivity contribution is 7.13. The molecule has 0 radical (unpaired) electrons. The highest BCUT2D eigenvalue weighted by Crippen LogP contribution is 2.35. The molecular formula is C13H18N2O4S. The molecule has 2 rings (SSSR count). The molecule has 0 atom stereocenters. The summed E-state index contributed by atoms with van der Waals surface area (Å²) in [5, 5.41) is 12.6. The number of aryl methyl sites for hydroxylation is 1. The Balaban J connectivity index is 2.09. The number of ether oxygens (including phenoxy) is 1. The summed E-state index contributed by atoms with van der Waals surface area (Å²) in [6.07, 6.45) is 2.35. The average Bonchev–Trinajstić information content (AvgIpc) is 2.67. The molecule has 0 spiro atoms. The summed E-state index contributed by atoms with van der Waals surface area (Å²) in [5.74, 6) is -1.12. The van der Waals surface area contributed by atoms with Gasteiger partial charge in [-0.2, -0.15) is 0 Å². The summed E-state index contributed by atoms with van der Waals surface area (Å²) in [4.78, 5) is 28.0. The van der Waals surface area contributed by atoms with Crippen LogP contribution < -0.4 is 5.32 Å². The molecular weight excluding hydrogens is 280 g/mol. The van der Waals surface area contributed by atoms with E-state index in [0.717, 1.165) is 11.4 Å². The highest BCUT2D eigenvalue weighted by Gasteiger charge is 2.40. The quantitative estimate of drug-likeness (QED) is 0.835. The Morgan fingerprint density at radius 1 is 1.50 bits per heavy atom. The number of aromatic nitrogens is 1. The van der Waals surface area contributed by atoms with Crippen molar-refractivity contribution in [2.24, 2.45) is 0 Å². The van der Waals surface area contributed by atoms with Crippen LogP contribution in [-0.2, 0) is 16.1 Å². The number of carbonyl (C=O) groups is 2. The van der Waals surface area contributed by atoms with Crippen molar-refractivity contribution < 1.29 is 19.4 Å². The van der Waals surface area contributed by atoms with Crippen LogP contribution in [0.5, 0.6) is 0 Å². The number of carboxylic acids is 1. The Bertz CT molecular complexity index is 522. The Morgan fingerprint density at radius 3 is 2.70 bits per heavy atom. The number of nitrogens with one attached hydrogen (secondary N) is 1. The first-order valence-electron chi connectivity index (χ1n) is 6.45. The molecule has 1 aromatic heterocycles. The Hall–Kier alpha value is -1.47. The van der Waals surface area contributed by atoms with E-state index in [1.54, 1.807) is 14.0 Å². The summed E-state index contributed by atoms with van der Waals surface area (Å²) >= 11 is 1.29. The molecule has 1 aliphatic carbocycles. The van der Waals surface area contributed by atoms with E-state index in [0.29, 0.717) is 30.0 Å². The monoisotopic (exact) mass is 298 g/mol. The number of aliphatic carboxylic acids is 1. The van der Waals surface area contributed by atoms with Gasteiger partial charge < -0.3 is 15.2 Å². The molecule has 0 aromatic carbocycles. The van der Waals surface area contributed by atoms with Gasteiger partial charge in [-0.3, -0.25) is 9.59 Å². The second kappa shape index (κ2) is 5.88. The standard InChI is InChI=1S/C13H18N2O4S/c1-8-11(20-9(14-8)7-19-2)12(18)15-13(4-3-5-13)6-10(16)17/h3-7H2,1-2H3,(H,15,18)(H,16,17). The molecule has 6 nitrogen and oxygen atoms in total. The van der Waals surface area contributed by atoms with Gasteiger partial charge in [0.2, 0.25) is 0 Å². The van der Waals surface area contributed by atoms with E-state index >= 15 is 0 Å². The van der Waals surface area contributed by atoms with Gasteiger partial charge >= 0.3 is 5.97 Å². The molecule has 1 aliphatic rings. The molecule has 0 saturated heterocycles. The average molecular weight is 298 g/mol. The maximum absolute atomic E-state index is 12.3. The second-order valence-electron chi connectivity index (χ2n) is 5.11. The third-order valence-corrected chi connectivity index (χ3v) is 4.62. The number of rotatable bonds is 6.